The first-order valence-corrected chi connectivity index (χ1v) is 8.15. The molecule has 22 heavy (non-hydrogen) atoms. The number of aryl methyl sites for hydroxylation is 1. The molecule has 6 nitrogen and oxygen atoms in total. The van der Waals surface area contributed by atoms with Crippen molar-refractivity contribution >= 4 is 11.7 Å². The molecule has 3 rings (SSSR count). The predicted octanol–water partition coefficient (Wildman–Crippen LogP) is 1.39. The minimum absolute atomic E-state index is 0.187. The number of hydrogen-bond donors (Lipinski definition) is 0. The van der Waals surface area contributed by atoms with Crippen molar-refractivity contribution < 1.29 is 9.53 Å². The Hall–Kier alpha value is -1.69. The van der Waals surface area contributed by atoms with Gasteiger partial charge < -0.3 is 14.5 Å². The first kappa shape index (κ1) is 15.2. The number of carbonyl (C=O) groups is 1. The summed E-state index contributed by atoms with van der Waals surface area (Å²) in [6.45, 7) is 5.62. The van der Waals surface area contributed by atoms with Crippen molar-refractivity contribution in [3.63, 3.8) is 0 Å². The third kappa shape index (κ3) is 3.74. The van der Waals surface area contributed by atoms with Crippen molar-refractivity contribution in [3.8, 4) is 0 Å². The van der Waals surface area contributed by atoms with E-state index >= 15 is 0 Å². The average Bonchev–Trinajstić information content (AvgIpc) is 3.20. The van der Waals surface area contributed by atoms with Crippen molar-refractivity contribution in [1.29, 1.82) is 0 Å². The van der Waals surface area contributed by atoms with Gasteiger partial charge >= 0.3 is 0 Å². The summed E-state index contributed by atoms with van der Waals surface area (Å²) in [6.07, 6.45) is 6.14. The van der Waals surface area contributed by atoms with Crippen LogP contribution in [0.2, 0.25) is 0 Å². The molecule has 1 aromatic rings. The minimum Gasteiger partial charge on any atom is -0.376 e. The van der Waals surface area contributed by atoms with Crippen LogP contribution in [-0.2, 0) is 9.53 Å². The summed E-state index contributed by atoms with van der Waals surface area (Å²) in [4.78, 5) is 25.0. The van der Waals surface area contributed by atoms with Gasteiger partial charge in [-0.1, -0.05) is 0 Å². The SMILES string of the molecule is Cc1cc(N(CC(=O)N2CCCC2)C[C@H]2CCCO2)ncn1. The van der Waals surface area contributed by atoms with Crippen molar-refractivity contribution in [1.82, 2.24) is 14.9 Å². The monoisotopic (exact) mass is 304 g/mol. The second kappa shape index (κ2) is 7.05. The molecule has 120 valence electrons. The first-order chi connectivity index (χ1) is 10.7. The Morgan fingerprint density at radius 3 is 2.86 bits per heavy atom. The molecule has 2 aliphatic heterocycles. The van der Waals surface area contributed by atoms with Gasteiger partial charge in [0.05, 0.1) is 12.6 Å². The van der Waals surface area contributed by atoms with Gasteiger partial charge in [-0.3, -0.25) is 4.79 Å². The third-order valence-electron chi connectivity index (χ3n) is 4.35. The molecule has 6 heteroatoms. The maximum atomic E-state index is 12.5. The van der Waals surface area contributed by atoms with E-state index < -0.39 is 0 Å². The van der Waals surface area contributed by atoms with E-state index in [1.807, 2.05) is 22.8 Å². The number of nitrogens with zero attached hydrogens (tertiary/aromatic N) is 4. The fraction of sp³-hybridized carbons (Fsp3) is 0.688. The lowest BCUT2D eigenvalue weighted by atomic mass is 10.2. The number of rotatable bonds is 5. The highest BCUT2D eigenvalue weighted by atomic mass is 16.5. The van der Waals surface area contributed by atoms with E-state index in [0.29, 0.717) is 6.54 Å². The van der Waals surface area contributed by atoms with Crippen molar-refractivity contribution in [2.75, 3.05) is 37.7 Å². The van der Waals surface area contributed by atoms with Crippen molar-refractivity contribution in [2.45, 2.75) is 38.7 Å². The van der Waals surface area contributed by atoms with Gasteiger partial charge in [-0.25, -0.2) is 9.97 Å². The van der Waals surface area contributed by atoms with E-state index in [-0.39, 0.29) is 12.0 Å². The van der Waals surface area contributed by atoms with Crippen LogP contribution in [-0.4, -0.2) is 59.7 Å². The summed E-state index contributed by atoms with van der Waals surface area (Å²) in [6, 6.07) is 1.94. The number of hydrogen-bond acceptors (Lipinski definition) is 5. The summed E-state index contributed by atoms with van der Waals surface area (Å²) in [7, 11) is 0. The number of anilines is 1. The highest BCUT2D eigenvalue weighted by Crippen LogP contribution is 2.18. The Morgan fingerprint density at radius 2 is 2.18 bits per heavy atom. The van der Waals surface area contributed by atoms with Gasteiger partial charge in [0, 0.05) is 38.0 Å². The second-order valence-electron chi connectivity index (χ2n) is 6.12. The molecule has 1 amide bonds. The van der Waals surface area contributed by atoms with Crippen LogP contribution < -0.4 is 4.90 Å². The summed E-state index contributed by atoms with van der Waals surface area (Å²) in [5.74, 6) is 1.00. The van der Waals surface area contributed by atoms with Crippen molar-refractivity contribution in [3.05, 3.63) is 18.1 Å². The first-order valence-electron chi connectivity index (χ1n) is 8.15. The molecular weight excluding hydrogens is 280 g/mol. The molecular formula is C16H24N4O2. The Bertz CT molecular complexity index is 511. The van der Waals surface area contributed by atoms with Gasteiger partial charge in [-0.05, 0) is 32.6 Å². The van der Waals surface area contributed by atoms with Crippen LogP contribution in [0.25, 0.3) is 0 Å². The molecule has 0 aromatic carbocycles. The number of amides is 1. The molecule has 2 saturated heterocycles. The lowest BCUT2D eigenvalue weighted by Gasteiger charge is -2.28. The lowest BCUT2D eigenvalue weighted by Crippen LogP contribution is -2.42. The molecule has 2 fully saturated rings. The molecule has 0 bridgehead atoms. The Kier molecular flexibility index (Phi) is 4.87. The molecule has 0 saturated carbocycles. The lowest BCUT2D eigenvalue weighted by molar-refractivity contribution is -0.128. The average molecular weight is 304 g/mol. The summed E-state index contributed by atoms with van der Waals surface area (Å²) >= 11 is 0. The summed E-state index contributed by atoms with van der Waals surface area (Å²) in [5, 5.41) is 0. The number of likely N-dealkylation sites (tertiary alicyclic amines) is 1. The smallest absolute Gasteiger partial charge is 0.242 e. The zero-order chi connectivity index (χ0) is 15.4. The van der Waals surface area contributed by atoms with E-state index in [9.17, 15) is 4.79 Å². The number of carbonyl (C=O) groups excluding carboxylic acids is 1. The Morgan fingerprint density at radius 1 is 1.36 bits per heavy atom. The van der Waals surface area contributed by atoms with Crippen LogP contribution in [0.1, 0.15) is 31.4 Å². The summed E-state index contributed by atoms with van der Waals surface area (Å²) in [5.41, 5.74) is 0.913. The molecule has 2 aliphatic rings. The van der Waals surface area contributed by atoms with Gasteiger partial charge in [-0.2, -0.15) is 0 Å². The molecule has 0 N–H and O–H groups in total. The molecule has 0 radical (unpaired) electrons. The van der Waals surface area contributed by atoms with Gasteiger partial charge in [-0.15, -0.1) is 0 Å². The molecule has 3 heterocycles. The number of aromatic nitrogens is 2. The normalized spacial score (nSPS) is 21.3. The van der Waals surface area contributed by atoms with E-state index in [1.165, 1.54) is 0 Å². The van der Waals surface area contributed by atoms with Gasteiger partial charge in [0.2, 0.25) is 5.91 Å². The fourth-order valence-corrected chi connectivity index (χ4v) is 3.12. The molecule has 1 atom stereocenters. The van der Waals surface area contributed by atoms with E-state index in [2.05, 4.69) is 9.97 Å². The van der Waals surface area contributed by atoms with Gasteiger partial charge in [0.1, 0.15) is 12.1 Å². The zero-order valence-corrected chi connectivity index (χ0v) is 13.2. The highest BCUT2D eigenvalue weighted by molar-refractivity contribution is 5.81. The van der Waals surface area contributed by atoms with Crippen LogP contribution in [0.3, 0.4) is 0 Å². The fourth-order valence-electron chi connectivity index (χ4n) is 3.12. The molecule has 0 unspecified atom stereocenters. The van der Waals surface area contributed by atoms with Gasteiger partial charge in [0.25, 0.3) is 0 Å². The topological polar surface area (TPSA) is 58.6 Å². The number of ether oxygens (including phenoxy) is 1. The van der Waals surface area contributed by atoms with Crippen LogP contribution in [0.15, 0.2) is 12.4 Å². The molecule has 1 aromatic heterocycles. The van der Waals surface area contributed by atoms with E-state index in [4.69, 9.17) is 4.74 Å². The van der Waals surface area contributed by atoms with E-state index in [1.54, 1.807) is 6.33 Å². The Balaban J connectivity index is 1.71. The maximum Gasteiger partial charge on any atom is 0.242 e. The highest BCUT2D eigenvalue weighted by Gasteiger charge is 2.25. The zero-order valence-electron chi connectivity index (χ0n) is 13.2. The molecule has 0 spiro atoms. The standard InChI is InChI=1S/C16H24N4O2/c1-13-9-15(18-12-17-13)20(10-14-5-4-8-22-14)11-16(21)19-6-2-3-7-19/h9,12,14H,2-8,10-11H2,1H3/t14-/m1/s1. The Labute approximate surface area is 131 Å². The van der Waals surface area contributed by atoms with Crippen LogP contribution in [0, 0.1) is 6.92 Å². The van der Waals surface area contributed by atoms with Crippen molar-refractivity contribution in [2.24, 2.45) is 0 Å². The second-order valence-corrected chi connectivity index (χ2v) is 6.12. The maximum absolute atomic E-state index is 12.5. The minimum atomic E-state index is 0.187. The van der Waals surface area contributed by atoms with Gasteiger partial charge in [0.15, 0.2) is 0 Å². The largest absolute Gasteiger partial charge is 0.376 e. The quantitative estimate of drug-likeness (QED) is 0.823. The molecule has 0 aliphatic carbocycles. The van der Waals surface area contributed by atoms with E-state index in [0.717, 1.165) is 63.4 Å². The third-order valence-corrected chi connectivity index (χ3v) is 4.35. The van der Waals surface area contributed by atoms with Crippen LogP contribution >= 0.6 is 0 Å². The van der Waals surface area contributed by atoms with Crippen LogP contribution in [0.5, 0.6) is 0 Å². The predicted molar refractivity (Wildman–Crippen MR) is 83.8 cm³/mol. The van der Waals surface area contributed by atoms with Crippen LogP contribution in [0.4, 0.5) is 5.82 Å². The summed E-state index contributed by atoms with van der Waals surface area (Å²) < 4.78 is 5.73.